The van der Waals surface area contributed by atoms with Crippen molar-refractivity contribution < 1.29 is 4.39 Å². The number of aromatic nitrogens is 1. The third kappa shape index (κ3) is 4.57. The summed E-state index contributed by atoms with van der Waals surface area (Å²) in [5.74, 6) is 0.916. The Hall–Kier alpha value is -1.95. The van der Waals surface area contributed by atoms with Crippen LogP contribution in [-0.4, -0.2) is 30.1 Å². The maximum Gasteiger partial charge on any atom is 0.191 e. The fourth-order valence-corrected chi connectivity index (χ4v) is 3.80. The summed E-state index contributed by atoms with van der Waals surface area (Å²) >= 11 is 1.74. The molecule has 1 fully saturated rings. The van der Waals surface area contributed by atoms with Crippen LogP contribution >= 0.6 is 11.3 Å². The first-order valence-electron chi connectivity index (χ1n) is 8.80. The van der Waals surface area contributed by atoms with Crippen LogP contribution in [0.25, 0.3) is 0 Å². The van der Waals surface area contributed by atoms with Crippen molar-refractivity contribution in [2.24, 2.45) is 4.99 Å². The standard InChI is InChI=1S/C19H25FN4S/c1-4-21-19(22-10-9-18-23-12(2)13(3)25-18)24-17-11-15(17)14-7-5-6-8-16(14)20/h5-8,15,17H,4,9-11H2,1-3H3,(H2,21,22,24). The van der Waals surface area contributed by atoms with Crippen LogP contribution < -0.4 is 10.6 Å². The van der Waals surface area contributed by atoms with Gasteiger partial charge < -0.3 is 10.6 Å². The second-order valence-electron chi connectivity index (χ2n) is 6.37. The highest BCUT2D eigenvalue weighted by molar-refractivity contribution is 7.11. The number of thiazole rings is 1. The largest absolute Gasteiger partial charge is 0.357 e. The lowest BCUT2D eigenvalue weighted by Gasteiger charge is -2.11. The van der Waals surface area contributed by atoms with Gasteiger partial charge in [-0.15, -0.1) is 11.3 Å². The molecule has 0 amide bonds. The van der Waals surface area contributed by atoms with Crippen molar-refractivity contribution in [1.29, 1.82) is 0 Å². The van der Waals surface area contributed by atoms with E-state index < -0.39 is 0 Å². The van der Waals surface area contributed by atoms with Gasteiger partial charge in [-0.05, 0) is 38.8 Å². The van der Waals surface area contributed by atoms with Crippen LogP contribution in [0.2, 0.25) is 0 Å². The second kappa shape index (κ2) is 7.95. The zero-order chi connectivity index (χ0) is 17.8. The van der Waals surface area contributed by atoms with Crippen LogP contribution in [0.4, 0.5) is 4.39 Å². The van der Waals surface area contributed by atoms with E-state index in [0.717, 1.165) is 41.6 Å². The average molecular weight is 361 g/mol. The van der Waals surface area contributed by atoms with Gasteiger partial charge in [-0.1, -0.05) is 18.2 Å². The summed E-state index contributed by atoms with van der Waals surface area (Å²) in [5.41, 5.74) is 1.91. The van der Waals surface area contributed by atoms with Gasteiger partial charge in [-0.3, -0.25) is 4.99 Å². The van der Waals surface area contributed by atoms with E-state index in [9.17, 15) is 4.39 Å². The quantitative estimate of drug-likeness (QED) is 0.612. The summed E-state index contributed by atoms with van der Waals surface area (Å²) in [7, 11) is 0. The first-order chi connectivity index (χ1) is 12.1. The van der Waals surface area contributed by atoms with E-state index in [-0.39, 0.29) is 17.8 Å². The molecule has 1 aromatic carbocycles. The summed E-state index contributed by atoms with van der Waals surface area (Å²) in [6, 6.07) is 7.28. The number of aryl methyl sites for hydroxylation is 2. The number of halogens is 1. The van der Waals surface area contributed by atoms with Gasteiger partial charge in [0.25, 0.3) is 0 Å². The number of aliphatic imine (C=N–C) groups is 1. The maximum absolute atomic E-state index is 13.9. The normalized spacial score (nSPS) is 19.8. The molecule has 3 rings (SSSR count). The fourth-order valence-electron chi connectivity index (χ4n) is 2.88. The predicted octanol–water partition coefficient (Wildman–Crippen LogP) is 3.55. The summed E-state index contributed by atoms with van der Waals surface area (Å²) in [6.07, 6.45) is 1.79. The predicted molar refractivity (Wildman–Crippen MR) is 102 cm³/mol. The molecule has 4 nitrogen and oxygen atoms in total. The Morgan fingerprint density at radius 2 is 2.16 bits per heavy atom. The zero-order valence-electron chi connectivity index (χ0n) is 15.0. The number of nitrogens with zero attached hydrogens (tertiary/aromatic N) is 2. The molecular weight excluding hydrogens is 335 g/mol. The van der Waals surface area contributed by atoms with E-state index in [0.29, 0.717) is 6.54 Å². The summed E-state index contributed by atoms with van der Waals surface area (Å²) < 4.78 is 13.9. The van der Waals surface area contributed by atoms with E-state index in [1.165, 1.54) is 10.9 Å². The van der Waals surface area contributed by atoms with Crippen molar-refractivity contribution in [3.63, 3.8) is 0 Å². The molecule has 1 aliphatic carbocycles. The molecule has 0 saturated heterocycles. The lowest BCUT2D eigenvalue weighted by Crippen LogP contribution is -2.39. The number of nitrogens with one attached hydrogen (secondary N) is 2. The third-order valence-electron chi connectivity index (χ3n) is 4.43. The molecule has 1 aromatic heterocycles. The third-order valence-corrected chi connectivity index (χ3v) is 5.56. The van der Waals surface area contributed by atoms with E-state index in [2.05, 4.69) is 27.5 Å². The Bertz CT molecular complexity index is 736. The van der Waals surface area contributed by atoms with E-state index in [1.807, 2.05) is 26.0 Å². The number of rotatable bonds is 6. The lowest BCUT2D eigenvalue weighted by molar-refractivity contribution is 0.607. The molecule has 2 atom stereocenters. The first kappa shape index (κ1) is 17.9. The molecule has 6 heteroatoms. The highest BCUT2D eigenvalue weighted by atomic mass is 32.1. The van der Waals surface area contributed by atoms with Crippen molar-refractivity contribution in [3.05, 3.63) is 51.2 Å². The number of hydrogen-bond donors (Lipinski definition) is 2. The highest BCUT2D eigenvalue weighted by Crippen LogP contribution is 2.41. The van der Waals surface area contributed by atoms with Crippen LogP contribution in [0.5, 0.6) is 0 Å². The Labute approximate surface area is 152 Å². The van der Waals surface area contributed by atoms with Gasteiger partial charge in [0.1, 0.15) is 5.82 Å². The fraction of sp³-hybridized carbons (Fsp3) is 0.474. The van der Waals surface area contributed by atoms with E-state index in [4.69, 9.17) is 0 Å². The molecule has 1 aliphatic rings. The topological polar surface area (TPSA) is 49.3 Å². The van der Waals surface area contributed by atoms with Crippen LogP contribution in [0, 0.1) is 19.7 Å². The minimum absolute atomic E-state index is 0.117. The summed E-state index contributed by atoms with van der Waals surface area (Å²) in [4.78, 5) is 10.5. The van der Waals surface area contributed by atoms with Crippen LogP contribution in [0.3, 0.4) is 0 Å². The molecule has 1 heterocycles. The molecule has 0 spiro atoms. The van der Waals surface area contributed by atoms with Gasteiger partial charge in [0.15, 0.2) is 5.96 Å². The zero-order valence-corrected chi connectivity index (χ0v) is 15.8. The molecular formula is C19H25FN4S. The van der Waals surface area contributed by atoms with E-state index in [1.54, 1.807) is 17.4 Å². The number of benzene rings is 1. The minimum Gasteiger partial charge on any atom is -0.357 e. The van der Waals surface area contributed by atoms with Crippen LogP contribution in [0.1, 0.15) is 40.4 Å². The van der Waals surface area contributed by atoms with Crippen molar-refractivity contribution >= 4 is 17.3 Å². The second-order valence-corrected chi connectivity index (χ2v) is 7.66. The molecule has 2 unspecified atom stereocenters. The van der Waals surface area contributed by atoms with Gasteiger partial charge in [-0.2, -0.15) is 0 Å². The Morgan fingerprint density at radius 3 is 2.84 bits per heavy atom. The summed E-state index contributed by atoms with van der Waals surface area (Å²) in [5, 5.41) is 7.83. The van der Waals surface area contributed by atoms with Crippen LogP contribution in [-0.2, 0) is 6.42 Å². The Balaban J connectivity index is 1.55. The molecule has 2 aromatic rings. The smallest absolute Gasteiger partial charge is 0.191 e. The molecule has 134 valence electrons. The molecule has 0 aliphatic heterocycles. The van der Waals surface area contributed by atoms with Gasteiger partial charge >= 0.3 is 0 Å². The highest BCUT2D eigenvalue weighted by Gasteiger charge is 2.40. The van der Waals surface area contributed by atoms with Crippen LogP contribution in [0.15, 0.2) is 29.3 Å². The molecule has 2 N–H and O–H groups in total. The Kier molecular flexibility index (Phi) is 5.68. The summed E-state index contributed by atoms with van der Waals surface area (Å²) in [6.45, 7) is 7.69. The van der Waals surface area contributed by atoms with Crippen molar-refractivity contribution in [2.75, 3.05) is 13.1 Å². The van der Waals surface area contributed by atoms with Gasteiger partial charge in [0, 0.05) is 36.3 Å². The minimum atomic E-state index is -0.117. The molecule has 0 bridgehead atoms. The lowest BCUT2D eigenvalue weighted by atomic mass is 10.1. The van der Waals surface area contributed by atoms with Crippen molar-refractivity contribution in [2.45, 2.75) is 45.6 Å². The molecule has 0 radical (unpaired) electrons. The van der Waals surface area contributed by atoms with Crippen molar-refractivity contribution in [1.82, 2.24) is 15.6 Å². The first-order valence-corrected chi connectivity index (χ1v) is 9.62. The van der Waals surface area contributed by atoms with Gasteiger partial charge in [-0.25, -0.2) is 9.37 Å². The average Bonchev–Trinajstić information content (AvgIpc) is 3.26. The van der Waals surface area contributed by atoms with Gasteiger partial charge in [0.2, 0.25) is 0 Å². The van der Waals surface area contributed by atoms with E-state index >= 15 is 0 Å². The maximum atomic E-state index is 13.9. The Morgan fingerprint density at radius 1 is 1.36 bits per heavy atom. The molecule has 25 heavy (non-hydrogen) atoms. The van der Waals surface area contributed by atoms with Crippen molar-refractivity contribution in [3.8, 4) is 0 Å². The number of guanidine groups is 1. The molecule has 1 saturated carbocycles. The monoisotopic (exact) mass is 360 g/mol. The number of hydrogen-bond acceptors (Lipinski definition) is 3. The van der Waals surface area contributed by atoms with Gasteiger partial charge in [0.05, 0.1) is 10.7 Å². The SMILES string of the molecule is CCNC(=NCCc1nc(C)c(C)s1)NC1CC1c1ccccc1F.